The van der Waals surface area contributed by atoms with Gasteiger partial charge in [-0.25, -0.2) is 4.79 Å². The number of hydrogen-bond donors (Lipinski definition) is 0. The number of carbonyl (C=O) groups excluding carboxylic acids is 2. The van der Waals surface area contributed by atoms with Crippen LogP contribution in [0.5, 0.6) is 0 Å². The summed E-state index contributed by atoms with van der Waals surface area (Å²) in [4.78, 5) is 24.9. The molecule has 0 amide bonds. The van der Waals surface area contributed by atoms with Gasteiger partial charge in [-0.05, 0) is 54.8 Å². The summed E-state index contributed by atoms with van der Waals surface area (Å²) in [7, 11) is 0. The summed E-state index contributed by atoms with van der Waals surface area (Å²) < 4.78 is 10.9. The molecule has 3 saturated carbocycles. The van der Waals surface area contributed by atoms with Crippen molar-refractivity contribution in [2.75, 3.05) is 6.61 Å². The first-order valence-corrected chi connectivity index (χ1v) is 10.2. The molecule has 0 N–H and O–H groups in total. The van der Waals surface area contributed by atoms with Gasteiger partial charge < -0.3 is 9.47 Å². The Kier molecular flexibility index (Phi) is 4.16. The lowest BCUT2D eigenvalue weighted by atomic mass is 9.70. The zero-order valence-corrected chi connectivity index (χ0v) is 16.0. The molecule has 4 rings (SSSR count). The quantitative estimate of drug-likeness (QED) is 0.725. The largest absolute Gasteiger partial charge is 0.462 e. The third-order valence-electron chi connectivity index (χ3n) is 7.92. The van der Waals surface area contributed by atoms with Crippen molar-refractivity contribution < 1.29 is 19.1 Å². The standard InChI is InChI=1S/C21H32O4/c1-5-11-7-12(6-2)17-14-8-13(16(11)17)9-15(14)19(22)25-18-20(23)24-10-21(18,3)4/h11-18H,5-10H2,1-4H3. The molecule has 1 heterocycles. The number of rotatable bonds is 4. The van der Waals surface area contributed by atoms with E-state index in [4.69, 9.17) is 9.47 Å². The lowest BCUT2D eigenvalue weighted by molar-refractivity contribution is -0.168. The van der Waals surface area contributed by atoms with Gasteiger partial charge in [-0.15, -0.1) is 0 Å². The normalized spacial score (nSPS) is 47.0. The van der Waals surface area contributed by atoms with Gasteiger partial charge in [-0.2, -0.15) is 0 Å². The molecule has 8 unspecified atom stereocenters. The highest BCUT2D eigenvalue weighted by Crippen LogP contribution is 2.65. The predicted octanol–water partition coefficient (Wildman–Crippen LogP) is 3.83. The molecular weight excluding hydrogens is 316 g/mol. The van der Waals surface area contributed by atoms with E-state index in [9.17, 15) is 9.59 Å². The van der Waals surface area contributed by atoms with Gasteiger partial charge in [0.1, 0.15) is 6.61 Å². The summed E-state index contributed by atoms with van der Waals surface area (Å²) in [6.07, 6.45) is 5.28. The second kappa shape index (κ2) is 5.99. The van der Waals surface area contributed by atoms with Crippen molar-refractivity contribution in [3.63, 3.8) is 0 Å². The zero-order valence-electron chi connectivity index (χ0n) is 16.0. The van der Waals surface area contributed by atoms with E-state index in [1.807, 2.05) is 13.8 Å². The van der Waals surface area contributed by atoms with Crippen LogP contribution in [0.2, 0.25) is 0 Å². The summed E-state index contributed by atoms with van der Waals surface area (Å²) >= 11 is 0. The molecule has 4 heteroatoms. The van der Waals surface area contributed by atoms with Gasteiger partial charge in [0.25, 0.3) is 0 Å². The Morgan fingerprint density at radius 1 is 1.12 bits per heavy atom. The summed E-state index contributed by atoms with van der Waals surface area (Å²) in [5, 5.41) is 0. The van der Waals surface area contributed by atoms with E-state index in [2.05, 4.69) is 13.8 Å². The molecule has 0 radical (unpaired) electrons. The van der Waals surface area contributed by atoms with Gasteiger partial charge in [0.2, 0.25) is 6.10 Å². The van der Waals surface area contributed by atoms with E-state index >= 15 is 0 Å². The smallest absolute Gasteiger partial charge is 0.348 e. The molecule has 4 aliphatic rings. The molecule has 1 saturated heterocycles. The van der Waals surface area contributed by atoms with Crippen LogP contribution in [0.4, 0.5) is 0 Å². The summed E-state index contributed by atoms with van der Waals surface area (Å²) in [6, 6.07) is 0. The Balaban J connectivity index is 1.49. The predicted molar refractivity (Wildman–Crippen MR) is 93.5 cm³/mol. The number of carbonyl (C=O) groups is 2. The minimum Gasteiger partial charge on any atom is -0.462 e. The van der Waals surface area contributed by atoms with Gasteiger partial charge in [-0.3, -0.25) is 4.79 Å². The van der Waals surface area contributed by atoms with Crippen molar-refractivity contribution in [2.45, 2.75) is 65.9 Å². The average Bonchev–Trinajstić information content (AvgIpc) is 3.30. The van der Waals surface area contributed by atoms with Crippen LogP contribution in [0.25, 0.3) is 0 Å². The van der Waals surface area contributed by atoms with E-state index in [1.165, 1.54) is 25.7 Å². The Labute approximate surface area is 151 Å². The van der Waals surface area contributed by atoms with E-state index in [0.717, 1.165) is 24.2 Å². The number of ether oxygens (including phenoxy) is 2. The Morgan fingerprint density at radius 3 is 2.40 bits per heavy atom. The van der Waals surface area contributed by atoms with Crippen LogP contribution < -0.4 is 0 Å². The molecule has 0 aromatic heterocycles. The van der Waals surface area contributed by atoms with Crippen molar-refractivity contribution in [3.8, 4) is 0 Å². The lowest BCUT2D eigenvalue weighted by Crippen LogP contribution is -2.40. The molecule has 8 atom stereocenters. The molecule has 2 bridgehead atoms. The Morgan fingerprint density at radius 2 is 1.80 bits per heavy atom. The van der Waals surface area contributed by atoms with Crippen molar-refractivity contribution in [1.29, 1.82) is 0 Å². The molecular formula is C21H32O4. The van der Waals surface area contributed by atoms with Crippen LogP contribution in [0.1, 0.15) is 59.8 Å². The van der Waals surface area contributed by atoms with Gasteiger partial charge >= 0.3 is 11.9 Å². The zero-order chi connectivity index (χ0) is 17.9. The number of esters is 2. The van der Waals surface area contributed by atoms with Crippen molar-refractivity contribution in [1.82, 2.24) is 0 Å². The molecule has 3 aliphatic carbocycles. The Hall–Kier alpha value is -1.06. The maximum absolute atomic E-state index is 12.9. The third kappa shape index (κ3) is 2.54. The fourth-order valence-electron chi connectivity index (χ4n) is 6.80. The number of cyclic esters (lactones) is 1. The van der Waals surface area contributed by atoms with Gasteiger partial charge in [0.05, 0.1) is 5.92 Å². The highest BCUT2D eigenvalue weighted by Gasteiger charge is 2.61. The lowest BCUT2D eigenvalue weighted by Gasteiger charge is -2.35. The summed E-state index contributed by atoms with van der Waals surface area (Å²) in [6.45, 7) is 8.83. The first-order valence-electron chi connectivity index (χ1n) is 10.2. The SMILES string of the molecule is CCC1CC(CC)C2C3CC(CC3C(=O)OC3C(=O)OCC3(C)C)C12. The maximum atomic E-state index is 12.9. The molecule has 0 aromatic rings. The Bertz CT molecular complexity index is 568. The number of fused-ring (bicyclic) bond motifs is 5. The molecule has 140 valence electrons. The van der Waals surface area contributed by atoms with E-state index in [0.29, 0.717) is 24.4 Å². The third-order valence-corrected chi connectivity index (χ3v) is 7.92. The minimum atomic E-state index is -0.733. The van der Waals surface area contributed by atoms with Crippen molar-refractivity contribution in [2.24, 2.45) is 46.8 Å². The molecule has 4 nitrogen and oxygen atoms in total. The molecule has 1 aliphatic heterocycles. The van der Waals surface area contributed by atoms with Crippen LogP contribution >= 0.6 is 0 Å². The first kappa shape index (κ1) is 17.4. The second-order valence-corrected chi connectivity index (χ2v) is 9.64. The topological polar surface area (TPSA) is 52.6 Å². The fourth-order valence-corrected chi connectivity index (χ4v) is 6.80. The highest BCUT2D eigenvalue weighted by atomic mass is 16.6. The van der Waals surface area contributed by atoms with E-state index in [-0.39, 0.29) is 17.9 Å². The van der Waals surface area contributed by atoms with Crippen molar-refractivity contribution >= 4 is 11.9 Å². The molecule has 4 fully saturated rings. The van der Waals surface area contributed by atoms with E-state index < -0.39 is 11.5 Å². The number of hydrogen-bond acceptors (Lipinski definition) is 4. The van der Waals surface area contributed by atoms with Crippen LogP contribution in [-0.4, -0.2) is 24.6 Å². The van der Waals surface area contributed by atoms with Crippen LogP contribution in [-0.2, 0) is 19.1 Å². The monoisotopic (exact) mass is 348 g/mol. The van der Waals surface area contributed by atoms with Gasteiger partial charge in [-0.1, -0.05) is 40.5 Å². The second-order valence-electron chi connectivity index (χ2n) is 9.64. The summed E-state index contributed by atoms with van der Waals surface area (Å²) in [5.74, 6) is 3.81. The molecule has 0 aromatic carbocycles. The fraction of sp³-hybridized carbons (Fsp3) is 0.905. The van der Waals surface area contributed by atoms with E-state index in [1.54, 1.807) is 0 Å². The first-order chi connectivity index (χ1) is 11.9. The van der Waals surface area contributed by atoms with Gasteiger partial charge in [0.15, 0.2) is 0 Å². The van der Waals surface area contributed by atoms with Crippen molar-refractivity contribution in [3.05, 3.63) is 0 Å². The van der Waals surface area contributed by atoms with Gasteiger partial charge in [0, 0.05) is 5.41 Å². The maximum Gasteiger partial charge on any atom is 0.348 e. The van der Waals surface area contributed by atoms with Crippen LogP contribution in [0.15, 0.2) is 0 Å². The molecule has 0 spiro atoms. The highest BCUT2D eigenvalue weighted by molar-refractivity contribution is 5.83. The summed E-state index contributed by atoms with van der Waals surface area (Å²) in [5.41, 5.74) is -0.417. The minimum absolute atomic E-state index is 0.0000983. The van der Waals surface area contributed by atoms with Crippen LogP contribution in [0, 0.1) is 46.8 Å². The van der Waals surface area contributed by atoms with Crippen LogP contribution in [0.3, 0.4) is 0 Å². The molecule has 25 heavy (non-hydrogen) atoms. The average molecular weight is 348 g/mol.